The minimum atomic E-state index is 0. The van der Waals surface area contributed by atoms with Crippen molar-refractivity contribution in [3.8, 4) is 0 Å². The van der Waals surface area contributed by atoms with Gasteiger partial charge >= 0.3 is 23.1 Å². The van der Waals surface area contributed by atoms with Crippen LogP contribution >= 0.6 is 0 Å². The van der Waals surface area contributed by atoms with Gasteiger partial charge in [0.05, 0.1) is 0 Å². The van der Waals surface area contributed by atoms with Crippen LogP contribution < -0.4 is 0 Å². The number of rotatable bonds is 0. The van der Waals surface area contributed by atoms with E-state index in [-0.39, 0.29) is 102 Å². The Kier molecular flexibility index (Phi) is 224. The third-order valence-corrected chi connectivity index (χ3v) is 0. The predicted octanol–water partition coefficient (Wildman–Crippen LogP) is 0.100. The molecule has 0 aromatic carbocycles. The Labute approximate surface area is 100 Å². The SMILES string of the molecule is [Cr].[H+].[Ni].[Ti+4].[V].[Zr]. The zero-order chi connectivity index (χ0) is 0. The maximum absolute atomic E-state index is 0. The number of hydrogen-bond acceptors (Lipinski definition) is 0. The van der Waals surface area contributed by atoms with Crippen LogP contribution in [0.4, 0.5) is 0 Å². The summed E-state index contributed by atoms with van der Waals surface area (Å²) in [6, 6.07) is 0. The van der Waals surface area contributed by atoms with Gasteiger partial charge in [0.2, 0.25) is 0 Å². The summed E-state index contributed by atoms with van der Waals surface area (Å²) in [5.41, 5.74) is 0. The molecule has 0 heterocycles. The van der Waals surface area contributed by atoms with Crippen molar-refractivity contribution >= 4 is 0 Å². The van der Waals surface area contributed by atoms with Gasteiger partial charge in [0.25, 0.3) is 0 Å². The summed E-state index contributed by atoms with van der Waals surface area (Å²) >= 11 is 0. The minimum absolute atomic E-state index is 0. The maximum Gasteiger partial charge on any atom is 4.00 e. The van der Waals surface area contributed by atoms with E-state index in [1.807, 2.05) is 0 Å². The van der Waals surface area contributed by atoms with Crippen molar-refractivity contribution in [1.82, 2.24) is 0 Å². The summed E-state index contributed by atoms with van der Waals surface area (Å²) < 4.78 is 0. The summed E-state index contributed by atoms with van der Waals surface area (Å²) in [6.07, 6.45) is 0. The molecule has 1 radical (unpaired) electrons. The van der Waals surface area contributed by atoms with Crippen LogP contribution in [0, 0.1) is 0 Å². The van der Waals surface area contributed by atoms with Crippen molar-refractivity contribution in [1.29, 1.82) is 0 Å². The fourth-order valence-electron chi connectivity index (χ4n) is 0. The van der Waals surface area contributed by atoms with E-state index >= 15 is 0 Å². The third kappa shape index (κ3) is 19.0. The molecule has 0 aliphatic heterocycles. The fraction of sp³-hybridized carbons (Fsp3) is 0. The summed E-state index contributed by atoms with van der Waals surface area (Å²) in [5.74, 6) is 0. The van der Waals surface area contributed by atoms with Gasteiger partial charge in [-0.3, -0.25) is 0 Å². The molecule has 0 amide bonds. The zero-order valence-electron chi connectivity index (χ0n) is 3.17. The predicted molar refractivity (Wildman–Crippen MR) is 1.11 cm³/mol. The quantitative estimate of drug-likeness (QED) is 0.557. The molecule has 0 aliphatic carbocycles. The van der Waals surface area contributed by atoms with Crippen molar-refractivity contribution in [3.05, 3.63) is 0 Å². The molecule has 0 N–H and O–H groups in total. The third-order valence-electron chi connectivity index (χ3n) is 0. The Bertz CT molecular complexity index is 15.5. The second-order valence-corrected chi connectivity index (χ2v) is 0. The van der Waals surface area contributed by atoms with Gasteiger partial charge in [0.1, 0.15) is 0 Å². The molecule has 0 aromatic rings. The van der Waals surface area contributed by atoms with Gasteiger partial charge in [-0.2, -0.15) is 0 Å². The van der Waals surface area contributed by atoms with E-state index in [9.17, 15) is 0 Å². The molecule has 0 nitrogen and oxygen atoms in total. The standard InChI is InChI=1S/Cr.Ni.Ti.V.Zr/q;;+4;;/p+1. The van der Waals surface area contributed by atoms with Crippen LogP contribution in [0.15, 0.2) is 0 Å². The normalized spacial score (nSPS) is 0. The summed E-state index contributed by atoms with van der Waals surface area (Å²) in [6.45, 7) is 0. The van der Waals surface area contributed by atoms with Crippen LogP contribution in [0.3, 0.4) is 0 Å². The molecule has 0 bridgehead atoms. The van der Waals surface area contributed by atoms with Crippen molar-refractivity contribution in [2.24, 2.45) is 0 Å². The summed E-state index contributed by atoms with van der Waals surface area (Å²) in [5, 5.41) is 0. The van der Waals surface area contributed by atoms with Gasteiger partial charge in [0.15, 0.2) is 0 Å². The van der Waals surface area contributed by atoms with E-state index in [0.29, 0.717) is 0 Å². The van der Waals surface area contributed by atoms with Crippen molar-refractivity contribution < 1.29 is 102 Å². The fourth-order valence-corrected chi connectivity index (χ4v) is 0. The monoisotopic (exact) mass is 300 g/mol. The van der Waals surface area contributed by atoms with Crippen LogP contribution in [0.2, 0.25) is 0 Å². The van der Waals surface area contributed by atoms with Crippen LogP contribution in [-0.4, -0.2) is 0 Å². The molecule has 0 saturated heterocycles. The first-order chi connectivity index (χ1) is 0. The minimum Gasteiger partial charge on any atom is 0 e. The van der Waals surface area contributed by atoms with Crippen molar-refractivity contribution in [2.75, 3.05) is 0 Å². The molecular weight excluding hydrogens is 301 g/mol. The molecule has 0 aliphatic rings. The molecule has 5 heteroatoms. The molecular formula is HCrNiTiVZr+5. The van der Waals surface area contributed by atoms with E-state index in [2.05, 4.69) is 0 Å². The topological polar surface area (TPSA) is 0 Å². The first kappa shape index (κ1) is 41.4. The second kappa shape index (κ2) is 27.0. The van der Waals surface area contributed by atoms with Crippen LogP contribution in [0.5, 0.6) is 0 Å². The number of hydrogen-bond donors (Lipinski definition) is 0. The largest absolute Gasteiger partial charge is 4.00 e. The molecule has 0 aromatic heterocycles. The van der Waals surface area contributed by atoms with Crippen molar-refractivity contribution in [2.45, 2.75) is 0 Å². The van der Waals surface area contributed by atoms with Crippen LogP contribution in [-0.2, 0) is 100 Å². The van der Waals surface area contributed by atoms with Crippen LogP contribution in [0.25, 0.3) is 0 Å². The molecule has 0 rings (SSSR count). The molecule has 0 unspecified atom stereocenters. The molecule has 0 atom stereocenters. The summed E-state index contributed by atoms with van der Waals surface area (Å²) in [4.78, 5) is 0. The Morgan fingerprint density at radius 2 is 1.20 bits per heavy atom. The Hall–Kier alpha value is 3.21. The van der Waals surface area contributed by atoms with Gasteiger partial charge in [0, 0.05) is 78.6 Å². The molecule has 5 heavy (non-hydrogen) atoms. The Balaban J connectivity index is 0. The van der Waals surface area contributed by atoms with Gasteiger partial charge in [-0.25, -0.2) is 0 Å². The molecule has 0 fully saturated rings. The summed E-state index contributed by atoms with van der Waals surface area (Å²) in [7, 11) is 0. The van der Waals surface area contributed by atoms with E-state index in [4.69, 9.17) is 0 Å². The molecule has 25 valence electrons. The Morgan fingerprint density at radius 3 is 1.20 bits per heavy atom. The van der Waals surface area contributed by atoms with Gasteiger partial charge < -0.3 is 0 Å². The van der Waals surface area contributed by atoms with Crippen molar-refractivity contribution in [3.63, 3.8) is 0 Å². The van der Waals surface area contributed by atoms with Crippen LogP contribution in [0.1, 0.15) is 1.43 Å². The zero-order valence-corrected chi connectivity index (χ0v) is 9.85. The first-order valence-electron chi connectivity index (χ1n) is 0. The average molecular weight is 302 g/mol. The first-order valence-corrected chi connectivity index (χ1v) is 0. The second-order valence-electron chi connectivity index (χ2n) is 0. The van der Waals surface area contributed by atoms with E-state index in [1.54, 1.807) is 0 Å². The average Bonchev–Trinajstić information content (AvgIpc) is 0. The molecule has 0 saturated carbocycles. The van der Waals surface area contributed by atoms with E-state index < -0.39 is 0 Å². The van der Waals surface area contributed by atoms with Gasteiger partial charge in [-0.15, -0.1) is 0 Å². The van der Waals surface area contributed by atoms with E-state index in [1.165, 1.54) is 0 Å². The van der Waals surface area contributed by atoms with Gasteiger partial charge in [-0.05, 0) is 0 Å². The smallest absolute Gasteiger partial charge is 0 e. The molecule has 0 spiro atoms. The van der Waals surface area contributed by atoms with E-state index in [0.717, 1.165) is 0 Å². The van der Waals surface area contributed by atoms with Gasteiger partial charge in [-0.1, -0.05) is 0 Å². The Morgan fingerprint density at radius 1 is 1.20 bits per heavy atom. The maximum atomic E-state index is 0.